The summed E-state index contributed by atoms with van der Waals surface area (Å²) in [5.74, 6) is -0.302. The predicted molar refractivity (Wildman–Crippen MR) is 63.5 cm³/mol. The Morgan fingerprint density at radius 2 is 2.00 bits per heavy atom. The topological polar surface area (TPSA) is 125 Å². The zero-order valence-corrected chi connectivity index (χ0v) is 10.2. The highest BCUT2D eigenvalue weighted by Gasteiger charge is 2.18. The van der Waals surface area contributed by atoms with Crippen molar-refractivity contribution in [2.24, 2.45) is 0 Å². The van der Waals surface area contributed by atoms with E-state index in [-0.39, 0.29) is 18.5 Å². The first kappa shape index (κ1) is 16.1. The molecule has 0 bridgehead atoms. The average molecular weight is 275 g/mol. The van der Waals surface area contributed by atoms with E-state index in [1.54, 1.807) is 0 Å². The Bertz CT molecular complexity index is 525. The number of carbonyl (C=O) groups is 1. The summed E-state index contributed by atoms with van der Waals surface area (Å²) in [5, 5.41) is 0. The van der Waals surface area contributed by atoms with Crippen LogP contribution in [0.15, 0.2) is 41.8 Å². The summed E-state index contributed by atoms with van der Waals surface area (Å²) in [6.45, 7) is 3.27. The van der Waals surface area contributed by atoms with Crippen LogP contribution >= 0.6 is 0 Å². The van der Waals surface area contributed by atoms with Crippen molar-refractivity contribution in [3.05, 3.63) is 36.9 Å². The van der Waals surface area contributed by atoms with E-state index in [1.807, 2.05) is 0 Å². The third-order valence-electron chi connectivity index (χ3n) is 1.64. The Balaban J connectivity index is 0.00000289. The van der Waals surface area contributed by atoms with Crippen LogP contribution in [0, 0.1) is 0 Å². The van der Waals surface area contributed by atoms with Gasteiger partial charge >= 0.3 is 6.16 Å². The van der Waals surface area contributed by atoms with Crippen LogP contribution in [0.4, 0.5) is 4.79 Å². The SMILES string of the molecule is C=CCOC(=O)Oc1ccccc1S(=O)(=O)O.N. The molecule has 0 heterocycles. The zero-order chi connectivity index (χ0) is 12.9. The van der Waals surface area contributed by atoms with Crippen molar-refractivity contribution in [1.82, 2.24) is 6.15 Å². The van der Waals surface area contributed by atoms with Crippen LogP contribution in [0.3, 0.4) is 0 Å². The van der Waals surface area contributed by atoms with Gasteiger partial charge in [-0.2, -0.15) is 8.42 Å². The van der Waals surface area contributed by atoms with Gasteiger partial charge in [-0.3, -0.25) is 4.55 Å². The molecule has 1 rings (SSSR count). The Morgan fingerprint density at radius 3 is 2.56 bits per heavy atom. The molecule has 0 amide bonds. The number of ether oxygens (including phenoxy) is 2. The summed E-state index contributed by atoms with van der Waals surface area (Å²) < 4.78 is 39.9. The number of para-hydroxylation sites is 1. The van der Waals surface area contributed by atoms with Crippen molar-refractivity contribution in [2.75, 3.05) is 6.61 Å². The minimum Gasteiger partial charge on any atom is -0.430 e. The molecule has 0 radical (unpaired) electrons. The predicted octanol–water partition coefficient (Wildman–Crippen LogP) is 1.80. The maximum atomic E-state index is 11.1. The maximum Gasteiger partial charge on any atom is 0.514 e. The molecule has 1 aromatic carbocycles. The normalized spacial score (nSPS) is 10.1. The Hall–Kier alpha value is -1.90. The third kappa shape index (κ3) is 4.53. The van der Waals surface area contributed by atoms with E-state index in [2.05, 4.69) is 16.1 Å². The number of rotatable bonds is 4. The minimum absolute atomic E-state index is 0. The lowest BCUT2D eigenvalue weighted by atomic mass is 10.3. The van der Waals surface area contributed by atoms with Crippen LogP contribution < -0.4 is 10.9 Å². The first-order chi connectivity index (χ1) is 7.95. The van der Waals surface area contributed by atoms with Gasteiger partial charge in [-0.1, -0.05) is 24.8 Å². The molecule has 18 heavy (non-hydrogen) atoms. The third-order valence-corrected chi connectivity index (χ3v) is 2.53. The maximum absolute atomic E-state index is 11.1. The summed E-state index contributed by atoms with van der Waals surface area (Å²) in [5.41, 5.74) is 0. The van der Waals surface area contributed by atoms with Crippen molar-refractivity contribution in [3.8, 4) is 5.75 Å². The highest BCUT2D eigenvalue weighted by molar-refractivity contribution is 7.86. The molecular formula is C10H13NO6S. The average Bonchev–Trinajstić information content (AvgIpc) is 2.25. The van der Waals surface area contributed by atoms with Crippen LogP contribution in [-0.2, 0) is 14.9 Å². The van der Waals surface area contributed by atoms with Crippen LogP contribution in [0.2, 0.25) is 0 Å². The summed E-state index contributed by atoms with van der Waals surface area (Å²) in [6, 6.07) is 5.15. The molecule has 0 fully saturated rings. The molecule has 1 aromatic rings. The zero-order valence-electron chi connectivity index (χ0n) is 9.40. The van der Waals surface area contributed by atoms with Crippen LogP contribution in [0.1, 0.15) is 0 Å². The second-order valence-corrected chi connectivity index (χ2v) is 4.26. The first-order valence-corrected chi connectivity index (χ1v) is 5.91. The van der Waals surface area contributed by atoms with E-state index >= 15 is 0 Å². The lowest BCUT2D eigenvalue weighted by Crippen LogP contribution is -2.12. The van der Waals surface area contributed by atoms with Crippen molar-refractivity contribution in [3.63, 3.8) is 0 Å². The van der Waals surface area contributed by atoms with Gasteiger partial charge in [0.2, 0.25) is 0 Å². The lowest BCUT2D eigenvalue weighted by molar-refractivity contribution is 0.108. The van der Waals surface area contributed by atoms with E-state index in [4.69, 9.17) is 4.55 Å². The fourth-order valence-electron chi connectivity index (χ4n) is 0.994. The van der Waals surface area contributed by atoms with Gasteiger partial charge in [0.05, 0.1) is 0 Å². The number of carbonyl (C=O) groups excluding carboxylic acids is 1. The van der Waals surface area contributed by atoms with Gasteiger partial charge in [0, 0.05) is 0 Å². The fourth-order valence-corrected chi connectivity index (χ4v) is 1.61. The smallest absolute Gasteiger partial charge is 0.430 e. The summed E-state index contributed by atoms with van der Waals surface area (Å²) in [7, 11) is -4.45. The highest BCUT2D eigenvalue weighted by Crippen LogP contribution is 2.23. The Labute approximate surface area is 104 Å². The van der Waals surface area contributed by atoms with Gasteiger partial charge in [-0.15, -0.1) is 0 Å². The van der Waals surface area contributed by atoms with Crippen molar-refractivity contribution >= 4 is 16.3 Å². The monoisotopic (exact) mass is 275 g/mol. The second-order valence-electron chi connectivity index (χ2n) is 2.87. The van der Waals surface area contributed by atoms with Crippen molar-refractivity contribution in [1.29, 1.82) is 0 Å². The standard InChI is InChI=1S/C10H10O6S.H3N/c1-2-7-15-10(11)16-8-5-3-4-6-9(8)17(12,13)14;/h2-6H,1,7H2,(H,12,13,14);1H3. The molecule has 100 valence electrons. The number of hydrogen-bond acceptors (Lipinski definition) is 6. The fraction of sp³-hybridized carbons (Fsp3) is 0.100. The molecule has 4 N–H and O–H groups in total. The molecule has 0 atom stereocenters. The molecule has 0 aliphatic rings. The molecule has 0 unspecified atom stereocenters. The van der Waals surface area contributed by atoms with Crippen molar-refractivity contribution in [2.45, 2.75) is 4.90 Å². The largest absolute Gasteiger partial charge is 0.514 e. The summed E-state index contributed by atoms with van der Waals surface area (Å²) in [6.07, 6.45) is 0.247. The lowest BCUT2D eigenvalue weighted by Gasteiger charge is -2.07. The van der Waals surface area contributed by atoms with E-state index in [0.29, 0.717) is 0 Å². The molecule has 0 saturated heterocycles. The van der Waals surface area contributed by atoms with Crippen LogP contribution in [0.5, 0.6) is 5.75 Å². The molecule has 7 nitrogen and oxygen atoms in total. The molecule has 0 aromatic heterocycles. The van der Waals surface area contributed by atoms with E-state index in [1.165, 1.54) is 24.3 Å². The molecule has 0 saturated carbocycles. The van der Waals surface area contributed by atoms with E-state index < -0.39 is 21.2 Å². The second kappa shape index (κ2) is 6.74. The van der Waals surface area contributed by atoms with E-state index in [0.717, 1.165) is 6.07 Å². The molecular weight excluding hydrogens is 262 g/mol. The molecule has 8 heteroatoms. The summed E-state index contributed by atoms with van der Waals surface area (Å²) in [4.78, 5) is 10.6. The number of hydrogen-bond donors (Lipinski definition) is 2. The van der Waals surface area contributed by atoms with Gasteiger partial charge in [-0.05, 0) is 12.1 Å². The Kier molecular flexibility index (Phi) is 6.03. The van der Waals surface area contributed by atoms with Crippen molar-refractivity contribution < 1.29 is 27.2 Å². The highest BCUT2D eigenvalue weighted by atomic mass is 32.2. The molecule has 0 spiro atoms. The van der Waals surface area contributed by atoms with E-state index in [9.17, 15) is 13.2 Å². The number of benzene rings is 1. The van der Waals surface area contributed by atoms with Gasteiger partial charge in [0.15, 0.2) is 5.75 Å². The van der Waals surface area contributed by atoms with Gasteiger partial charge < -0.3 is 15.6 Å². The van der Waals surface area contributed by atoms with Crippen LogP contribution in [-0.4, -0.2) is 25.7 Å². The molecule has 0 aliphatic heterocycles. The first-order valence-electron chi connectivity index (χ1n) is 4.47. The van der Waals surface area contributed by atoms with Gasteiger partial charge in [-0.25, -0.2) is 4.79 Å². The van der Waals surface area contributed by atoms with Gasteiger partial charge in [0.1, 0.15) is 11.5 Å². The summed E-state index contributed by atoms with van der Waals surface area (Å²) >= 11 is 0. The van der Waals surface area contributed by atoms with Gasteiger partial charge in [0.25, 0.3) is 10.1 Å². The minimum atomic E-state index is -4.45. The Morgan fingerprint density at radius 1 is 1.39 bits per heavy atom. The van der Waals surface area contributed by atoms with Crippen LogP contribution in [0.25, 0.3) is 0 Å². The molecule has 0 aliphatic carbocycles. The quantitative estimate of drug-likeness (QED) is 0.371.